The lowest BCUT2D eigenvalue weighted by molar-refractivity contribution is 0.581. The van der Waals surface area contributed by atoms with E-state index in [1.165, 1.54) is 12.1 Å². The van der Waals surface area contributed by atoms with Crippen LogP contribution in [0, 0.1) is 6.92 Å². The van der Waals surface area contributed by atoms with Crippen molar-refractivity contribution in [1.29, 1.82) is 0 Å². The van der Waals surface area contributed by atoms with E-state index in [1.54, 1.807) is 30.3 Å². The molecule has 0 heterocycles. The van der Waals surface area contributed by atoms with E-state index in [0.29, 0.717) is 10.7 Å². The summed E-state index contributed by atoms with van der Waals surface area (Å²) in [7, 11) is -3.57. The van der Waals surface area contributed by atoms with Gasteiger partial charge in [-0.05, 0) is 42.3 Å². The van der Waals surface area contributed by atoms with E-state index < -0.39 is 10.0 Å². The Morgan fingerprint density at radius 1 is 1.15 bits per heavy atom. The summed E-state index contributed by atoms with van der Waals surface area (Å²) in [5.41, 5.74) is 7.87. The van der Waals surface area contributed by atoms with E-state index in [4.69, 9.17) is 17.3 Å². The molecule has 0 aliphatic rings. The summed E-state index contributed by atoms with van der Waals surface area (Å²) >= 11 is 5.78. The number of anilines is 1. The quantitative estimate of drug-likeness (QED) is 0.853. The number of sulfonamides is 1. The van der Waals surface area contributed by atoms with Crippen molar-refractivity contribution in [2.75, 3.05) is 5.73 Å². The van der Waals surface area contributed by atoms with E-state index in [9.17, 15) is 8.42 Å². The van der Waals surface area contributed by atoms with Gasteiger partial charge in [0, 0.05) is 17.3 Å². The molecule has 0 saturated carbocycles. The fourth-order valence-corrected chi connectivity index (χ4v) is 2.83. The third kappa shape index (κ3) is 3.50. The molecular weight excluding hydrogens is 296 g/mol. The van der Waals surface area contributed by atoms with Crippen molar-refractivity contribution in [3.8, 4) is 0 Å². The van der Waals surface area contributed by atoms with Crippen LogP contribution in [0.3, 0.4) is 0 Å². The van der Waals surface area contributed by atoms with Gasteiger partial charge < -0.3 is 5.73 Å². The predicted octanol–water partition coefficient (Wildman–Crippen LogP) is 2.71. The normalized spacial score (nSPS) is 11.5. The van der Waals surface area contributed by atoms with Gasteiger partial charge in [0.05, 0.1) is 4.90 Å². The predicted molar refractivity (Wildman–Crippen MR) is 81.1 cm³/mol. The van der Waals surface area contributed by atoms with Crippen molar-refractivity contribution >= 4 is 27.3 Å². The lowest BCUT2D eigenvalue weighted by Crippen LogP contribution is -2.23. The third-order valence-corrected chi connectivity index (χ3v) is 4.59. The van der Waals surface area contributed by atoms with Gasteiger partial charge in [-0.3, -0.25) is 0 Å². The summed E-state index contributed by atoms with van der Waals surface area (Å²) in [4.78, 5) is 0.162. The second-order valence-corrected chi connectivity index (χ2v) is 6.67. The molecule has 0 amide bonds. The number of nitrogen functional groups attached to an aromatic ring is 1. The zero-order valence-electron chi connectivity index (χ0n) is 10.9. The van der Waals surface area contributed by atoms with Crippen LogP contribution in [0.2, 0.25) is 5.02 Å². The highest BCUT2D eigenvalue weighted by molar-refractivity contribution is 7.89. The molecule has 106 valence electrons. The van der Waals surface area contributed by atoms with Crippen molar-refractivity contribution in [2.24, 2.45) is 0 Å². The number of rotatable bonds is 4. The number of halogens is 1. The van der Waals surface area contributed by atoms with Crippen molar-refractivity contribution in [1.82, 2.24) is 4.72 Å². The van der Waals surface area contributed by atoms with Crippen molar-refractivity contribution < 1.29 is 8.42 Å². The van der Waals surface area contributed by atoms with Crippen LogP contribution in [0.25, 0.3) is 0 Å². The average Bonchev–Trinajstić information content (AvgIpc) is 2.41. The van der Waals surface area contributed by atoms with Crippen LogP contribution in [0.15, 0.2) is 47.4 Å². The number of aryl methyl sites for hydroxylation is 1. The Morgan fingerprint density at radius 3 is 2.40 bits per heavy atom. The molecule has 0 aliphatic carbocycles. The van der Waals surface area contributed by atoms with E-state index in [1.807, 2.05) is 6.92 Å². The Hall–Kier alpha value is -1.56. The number of hydrogen-bond donors (Lipinski definition) is 2. The molecule has 0 bridgehead atoms. The Morgan fingerprint density at radius 2 is 1.80 bits per heavy atom. The average molecular weight is 311 g/mol. The van der Waals surface area contributed by atoms with Gasteiger partial charge >= 0.3 is 0 Å². The first-order valence-corrected chi connectivity index (χ1v) is 7.85. The Bertz CT molecular complexity index is 712. The van der Waals surface area contributed by atoms with Gasteiger partial charge in [-0.2, -0.15) is 0 Å². The molecule has 0 saturated heterocycles. The van der Waals surface area contributed by atoms with E-state index >= 15 is 0 Å². The summed E-state index contributed by atoms with van der Waals surface area (Å²) in [5, 5.41) is 0.614. The zero-order valence-corrected chi connectivity index (χ0v) is 12.5. The minimum Gasteiger partial charge on any atom is -0.398 e. The molecular formula is C14H15ClN2O2S. The highest BCUT2D eigenvalue weighted by atomic mass is 35.5. The number of hydrogen-bond acceptors (Lipinski definition) is 3. The first kappa shape index (κ1) is 14.8. The maximum absolute atomic E-state index is 12.1. The molecule has 3 N–H and O–H groups in total. The molecule has 0 fully saturated rings. The first-order valence-electron chi connectivity index (χ1n) is 5.99. The van der Waals surface area contributed by atoms with Crippen molar-refractivity contribution in [2.45, 2.75) is 18.4 Å². The third-order valence-electron chi connectivity index (χ3n) is 2.94. The second kappa shape index (κ2) is 5.83. The van der Waals surface area contributed by atoms with Crippen molar-refractivity contribution in [3.05, 3.63) is 58.6 Å². The maximum atomic E-state index is 12.1. The SMILES string of the molecule is Cc1ccc(S(=O)(=O)NCc2ccc(Cl)cc2)cc1N. The van der Waals surface area contributed by atoms with E-state index in [-0.39, 0.29) is 11.4 Å². The minimum atomic E-state index is -3.57. The highest BCUT2D eigenvalue weighted by Gasteiger charge is 2.14. The largest absolute Gasteiger partial charge is 0.398 e. The van der Waals surface area contributed by atoms with E-state index in [0.717, 1.165) is 11.1 Å². The number of nitrogens with two attached hydrogens (primary N) is 1. The molecule has 20 heavy (non-hydrogen) atoms. The summed E-state index contributed by atoms with van der Waals surface area (Å²) in [6, 6.07) is 11.7. The Kier molecular flexibility index (Phi) is 4.32. The summed E-state index contributed by atoms with van der Waals surface area (Å²) < 4.78 is 26.8. The molecule has 4 nitrogen and oxygen atoms in total. The molecule has 2 aromatic rings. The number of benzene rings is 2. The first-order chi connectivity index (χ1) is 9.38. The summed E-state index contributed by atoms with van der Waals surface area (Å²) in [6.07, 6.45) is 0. The highest BCUT2D eigenvalue weighted by Crippen LogP contribution is 2.17. The fraction of sp³-hybridized carbons (Fsp3) is 0.143. The molecule has 0 aromatic heterocycles. The van der Waals surface area contributed by atoms with E-state index in [2.05, 4.69) is 4.72 Å². The van der Waals surface area contributed by atoms with Crippen LogP contribution >= 0.6 is 11.6 Å². The monoisotopic (exact) mass is 310 g/mol. The number of nitrogens with one attached hydrogen (secondary N) is 1. The second-order valence-electron chi connectivity index (χ2n) is 4.47. The fourth-order valence-electron chi connectivity index (χ4n) is 1.65. The van der Waals surface area contributed by atoms with Gasteiger partial charge in [0.25, 0.3) is 0 Å². The van der Waals surface area contributed by atoms with Gasteiger partial charge in [-0.25, -0.2) is 13.1 Å². The molecule has 0 unspecified atom stereocenters. The lowest BCUT2D eigenvalue weighted by atomic mass is 10.2. The summed E-state index contributed by atoms with van der Waals surface area (Å²) in [5.74, 6) is 0. The zero-order chi connectivity index (χ0) is 14.8. The van der Waals surface area contributed by atoms with Crippen LogP contribution in [-0.2, 0) is 16.6 Å². The molecule has 6 heteroatoms. The lowest BCUT2D eigenvalue weighted by Gasteiger charge is -2.08. The van der Waals surface area contributed by atoms with Crippen molar-refractivity contribution in [3.63, 3.8) is 0 Å². The van der Waals surface area contributed by atoms with Gasteiger partial charge in [0.1, 0.15) is 0 Å². The maximum Gasteiger partial charge on any atom is 0.240 e. The van der Waals surface area contributed by atoms with Crippen LogP contribution in [0.4, 0.5) is 5.69 Å². The van der Waals surface area contributed by atoms with Crippen LogP contribution in [0.5, 0.6) is 0 Å². The van der Waals surface area contributed by atoms with Gasteiger partial charge in [-0.15, -0.1) is 0 Å². The smallest absolute Gasteiger partial charge is 0.240 e. The molecule has 0 radical (unpaired) electrons. The van der Waals surface area contributed by atoms with Gasteiger partial charge in [0.2, 0.25) is 10.0 Å². The molecule has 0 spiro atoms. The minimum absolute atomic E-state index is 0.162. The molecule has 0 atom stereocenters. The van der Waals surface area contributed by atoms with Crippen LogP contribution < -0.4 is 10.5 Å². The molecule has 2 rings (SSSR count). The van der Waals surface area contributed by atoms with Gasteiger partial charge in [0.15, 0.2) is 0 Å². The van der Waals surface area contributed by atoms with Crippen LogP contribution in [0.1, 0.15) is 11.1 Å². The standard InChI is InChI=1S/C14H15ClN2O2S/c1-10-2-7-13(8-14(10)16)20(18,19)17-9-11-3-5-12(15)6-4-11/h2-8,17H,9,16H2,1H3. The molecule has 0 aliphatic heterocycles. The molecule has 2 aromatic carbocycles. The Labute approximate surface area is 123 Å². The summed E-state index contributed by atoms with van der Waals surface area (Å²) in [6.45, 7) is 2.03. The van der Waals surface area contributed by atoms with Crippen LogP contribution in [-0.4, -0.2) is 8.42 Å². The Balaban J connectivity index is 2.14. The van der Waals surface area contributed by atoms with Gasteiger partial charge in [-0.1, -0.05) is 29.8 Å². The topological polar surface area (TPSA) is 72.2 Å².